The highest BCUT2D eigenvalue weighted by Crippen LogP contribution is 2.18. The number of nitrogens with one attached hydrogen (secondary N) is 2. The maximum absolute atomic E-state index is 12.6. The molecule has 0 radical (unpaired) electrons. The highest BCUT2D eigenvalue weighted by atomic mass is 16.2. The Morgan fingerprint density at radius 3 is 2.31 bits per heavy atom. The number of anilines is 1. The van der Waals surface area contributed by atoms with Crippen molar-refractivity contribution in [2.45, 2.75) is 26.3 Å². The normalized spacial score (nSPS) is 17.9. The molecule has 1 aliphatic heterocycles. The summed E-state index contributed by atoms with van der Waals surface area (Å²) in [5, 5.41) is 2.96. The molecule has 0 spiro atoms. The lowest BCUT2D eigenvalue weighted by Gasteiger charge is -2.28. The van der Waals surface area contributed by atoms with E-state index in [4.69, 9.17) is 0 Å². The number of ketones is 1. The summed E-state index contributed by atoms with van der Waals surface area (Å²) in [4.78, 5) is 25.2. The van der Waals surface area contributed by atoms with Gasteiger partial charge in [-0.3, -0.25) is 9.59 Å². The van der Waals surface area contributed by atoms with Gasteiger partial charge in [0, 0.05) is 17.7 Å². The molecule has 26 heavy (non-hydrogen) atoms. The molecule has 0 fully saturated rings. The van der Waals surface area contributed by atoms with E-state index in [0.717, 1.165) is 25.2 Å². The standard InChI is InChI=1S/C22H24N2O2/c1-16(22(26)23-21-10-8-18(9-11-21)17(2)25)24-14-12-20(13-15-24)19-6-4-3-5-7-19/h3-12,16H,13-15H2,1-2H3,(H,23,26)/p+1/t16-/m0/s1. The number of amides is 1. The molecule has 2 aromatic rings. The first kappa shape index (κ1) is 18.1. The minimum atomic E-state index is -0.129. The van der Waals surface area contributed by atoms with Crippen LogP contribution in [-0.2, 0) is 4.79 Å². The van der Waals surface area contributed by atoms with Gasteiger partial charge in [-0.05, 0) is 55.3 Å². The molecule has 2 atom stereocenters. The maximum atomic E-state index is 12.6. The average Bonchev–Trinajstić information content (AvgIpc) is 2.68. The van der Waals surface area contributed by atoms with Crippen molar-refractivity contribution >= 4 is 23.0 Å². The lowest BCUT2D eigenvalue weighted by molar-refractivity contribution is -0.909. The van der Waals surface area contributed by atoms with Crippen LogP contribution in [-0.4, -0.2) is 30.8 Å². The van der Waals surface area contributed by atoms with Gasteiger partial charge in [0.2, 0.25) is 0 Å². The molecule has 2 N–H and O–H groups in total. The number of benzene rings is 2. The highest BCUT2D eigenvalue weighted by molar-refractivity contribution is 5.96. The molecule has 1 heterocycles. The summed E-state index contributed by atoms with van der Waals surface area (Å²) in [5.41, 5.74) is 4.01. The Morgan fingerprint density at radius 2 is 1.73 bits per heavy atom. The van der Waals surface area contributed by atoms with Crippen LogP contribution in [0.5, 0.6) is 0 Å². The van der Waals surface area contributed by atoms with E-state index in [1.165, 1.54) is 23.0 Å². The van der Waals surface area contributed by atoms with E-state index in [-0.39, 0.29) is 17.7 Å². The highest BCUT2D eigenvalue weighted by Gasteiger charge is 2.27. The molecule has 0 aromatic heterocycles. The number of Topliss-reactive ketones (excluding diaryl/α,β-unsaturated/α-hetero) is 1. The van der Waals surface area contributed by atoms with Crippen molar-refractivity contribution in [3.05, 3.63) is 71.8 Å². The zero-order chi connectivity index (χ0) is 18.5. The molecule has 1 amide bonds. The Bertz CT molecular complexity index is 810. The lowest BCUT2D eigenvalue weighted by Crippen LogP contribution is -3.17. The summed E-state index contributed by atoms with van der Waals surface area (Å²) in [6, 6.07) is 17.3. The summed E-state index contributed by atoms with van der Waals surface area (Å²) < 4.78 is 0. The monoisotopic (exact) mass is 349 g/mol. The molecule has 4 heteroatoms. The molecule has 0 saturated carbocycles. The number of carbonyl (C=O) groups excluding carboxylic acids is 2. The van der Waals surface area contributed by atoms with E-state index >= 15 is 0 Å². The molecule has 134 valence electrons. The Hall–Kier alpha value is -2.72. The van der Waals surface area contributed by atoms with Crippen molar-refractivity contribution in [2.24, 2.45) is 0 Å². The van der Waals surface area contributed by atoms with Gasteiger partial charge in [0.15, 0.2) is 11.8 Å². The molecule has 2 aromatic carbocycles. The minimum absolute atomic E-state index is 0.00661. The van der Waals surface area contributed by atoms with E-state index in [9.17, 15) is 9.59 Å². The topological polar surface area (TPSA) is 50.6 Å². The molecule has 3 rings (SSSR count). The van der Waals surface area contributed by atoms with Crippen LogP contribution in [0, 0.1) is 0 Å². The van der Waals surface area contributed by atoms with E-state index in [0.29, 0.717) is 5.56 Å². The zero-order valence-corrected chi connectivity index (χ0v) is 15.3. The maximum Gasteiger partial charge on any atom is 0.282 e. The largest absolute Gasteiger partial charge is 0.321 e. The predicted molar refractivity (Wildman–Crippen MR) is 104 cm³/mol. The van der Waals surface area contributed by atoms with Gasteiger partial charge >= 0.3 is 0 Å². The van der Waals surface area contributed by atoms with Crippen LogP contribution in [0.2, 0.25) is 0 Å². The smallest absolute Gasteiger partial charge is 0.282 e. The molecule has 1 unspecified atom stereocenters. The number of hydrogen-bond donors (Lipinski definition) is 2. The van der Waals surface area contributed by atoms with Crippen LogP contribution in [0.3, 0.4) is 0 Å². The van der Waals surface area contributed by atoms with Gasteiger partial charge in [0.1, 0.15) is 0 Å². The van der Waals surface area contributed by atoms with Crippen molar-refractivity contribution < 1.29 is 14.5 Å². The van der Waals surface area contributed by atoms with Crippen molar-refractivity contribution in [2.75, 3.05) is 18.4 Å². The number of rotatable bonds is 5. The van der Waals surface area contributed by atoms with Gasteiger partial charge in [0.25, 0.3) is 5.91 Å². The van der Waals surface area contributed by atoms with Gasteiger partial charge in [-0.1, -0.05) is 30.3 Å². The molecule has 4 nitrogen and oxygen atoms in total. The lowest BCUT2D eigenvalue weighted by atomic mass is 9.99. The predicted octanol–water partition coefficient (Wildman–Crippen LogP) is 2.59. The summed E-state index contributed by atoms with van der Waals surface area (Å²) in [6.07, 6.45) is 3.23. The third kappa shape index (κ3) is 4.27. The van der Waals surface area contributed by atoms with Crippen LogP contribution < -0.4 is 10.2 Å². The van der Waals surface area contributed by atoms with Gasteiger partial charge in [0.05, 0.1) is 13.1 Å². The molecular weight excluding hydrogens is 324 g/mol. The second kappa shape index (κ2) is 8.11. The third-order valence-corrected chi connectivity index (χ3v) is 5.04. The number of hydrogen-bond acceptors (Lipinski definition) is 2. The Balaban J connectivity index is 1.59. The molecule has 0 aliphatic carbocycles. The summed E-state index contributed by atoms with van der Waals surface area (Å²) in [5.74, 6) is 0.0298. The fraction of sp³-hybridized carbons (Fsp3) is 0.273. The number of carbonyl (C=O) groups is 2. The summed E-state index contributed by atoms with van der Waals surface area (Å²) in [6.45, 7) is 5.29. The first-order chi connectivity index (χ1) is 12.5. The fourth-order valence-electron chi connectivity index (χ4n) is 3.29. The third-order valence-electron chi connectivity index (χ3n) is 5.04. The van der Waals surface area contributed by atoms with E-state index in [2.05, 4.69) is 35.7 Å². The van der Waals surface area contributed by atoms with Gasteiger partial charge < -0.3 is 10.2 Å². The van der Waals surface area contributed by atoms with Crippen LogP contribution in [0.15, 0.2) is 60.7 Å². The van der Waals surface area contributed by atoms with E-state index < -0.39 is 0 Å². The van der Waals surface area contributed by atoms with Gasteiger partial charge in [-0.2, -0.15) is 0 Å². The van der Waals surface area contributed by atoms with Crippen molar-refractivity contribution in [1.82, 2.24) is 0 Å². The molecule has 0 saturated heterocycles. The van der Waals surface area contributed by atoms with E-state index in [1.807, 2.05) is 13.0 Å². The van der Waals surface area contributed by atoms with Gasteiger partial charge in [-0.25, -0.2) is 0 Å². The van der Waals surface area contributed by atoms with Crippen molar-refractivity contribution in [3.8, 4) is 0 Å². The SMILES string of the molecule is CC(=O)c1ccc(NC(=O)[C@H](C)[NH+]2CC=C(c3ccccc3)CC2)cc1. The Labute approximate surface area is 154 Å². The van der Waals surface area contributed by atoms with E-state index in [1.54, 1.807) is 24.3 Å². The first-order valence-electron chi connectivity index (χ1n) is 9.05. The Kier molecular flexibility index (Phi) is 5.64. The zero-order valence-electron chi connectivity index (χ0n) is 15.3. The molecule has 1 aliphatic rings. The fourth-order valence-corrected chi connectivity index (χ4v) is 3.29. The second-order valence-corrected chi connectivity index (χ2v) is 6.80. The van der Waals surface area contributed by atoms with Crippen molar-refractivity contribution in [3.63, 3.8) is 0 Å². The summed E-state index contributed by atoms with van der Waals surface area (Å²) >= 11 is 0. The van der Waals surface area contributed by atoms with Crippen LogP contribution >= 0.6 is 0 Å². The quantitative estimate of drug-likeness (QED) is 0.815. The first-order valence-corrected chi connectivity index (χ1v) is 9.05. The van der Waals surface area contributed by atoms with Crippen molar-refractivity contribution in [1.29, 1.82) is 0 Å². The van der Waals surface area contributed by atoms with Crippen LogP contribution in [0.4, 0.5) is 5.69 Å². The van der Waals surface area contributed by atoms with Gasteiger partial charge in [-0.15, -0.1) is 0 Å². The second-order valence-electron chi connectivity index (χ2n) is 6.80. The number of quaternary nitrogens is 1. The average molecular weight is 349 g/mol. The molecular formula is C22H25N2O2+. The Morgan fingerprint density at radius 1 is 1.04 bits per heavy atom. The molecule has 0 bridgehead atoms. The summed E-state index contributed by atoms with van der Waals surface area (Å²) in [7, 11) is 0. The van der Waals surface area contributed by atoms with Crippen LogP contribution in [0.25, 0.3) is 5.57 Å². The minimum Gasteiger partial charge on any atom is -0.321 e. The van der Waals surface area contributed by atoms with Crippen LogP contribution in [0.1, 0.15) is 36.2 Å².